The highest BCUT2D eigenvalue weighted by atomic mass is 19.1. The van der Waals surface area contributed by atoms with Crippen LogP contribution in [0.5, 0.6) is 0 Å². The van der Waals surface area contributed by atoms with Gasteiger partial charge < -0.3 is 20.1 Å². The van der Waals surface area contributed by atoms with E-state index < -0.39 is 47.3 Å². The number of hydrogen-bond acceptors (Lipinski definition) is 6. The summed E-state index contributed by atoms with van der Waals surface area (Å²) in [6.45, 7) is 6.54. The molecule has 0 radical (unpaired) electrons. The lowest BCUT2D eigenvalue weighted by Gasteiger charge is -2.22. The van der Waals surface area contributed by atoms with Crippen LogP contribution in [0, 0.1) is 5.82 Å². The second kappa shape index (κ2) is 12.1. The number of halogens is 1. The van der Waals surface area contributed by atoms with Crippen molar-refractivity contribution in [1.82, 2.24) is 10.6 Å². The maximum atomic E-state index is 14.1. The summed E-state index contributed by atoms with van der Waals surface area (Å²) in [5.74, 6) is -2.82. The molecule has 0 unspecified atom stereocenters. The molecule has 2 aromatic rings. The van der Waals surface area contributed by atoms with E-state index in [0.29, 0.717) is 11.1 Å². The van der Waals surface area contributed by atoms with Gasteiger partial charge in [0.15, 0.2) is 0 Å². The van der Waals surface area contributed by atoms with Crippen LogP contribution in [0.25, 0.3) is 0 Å². The van der Waals surface area contributed by atoms with Gasteiger partial charge in [-0.15, -0.1) is 0 Å². The number of nitrogens with one attached hydrogen (secondary N) is 2. The second-order valence-corrected chi connectivity index (χ2v) is 9.04. The van der Waals surface area contributed by atoms with Gasteiger partial charge in [0.1, 0.15) is 23.5 Å². The topological polar surface area (TPSA) is 111 Å². The molecule has 35 heavy (non-hydrogen) atoms. The van der Waals surface area contributed by atoms with E-state index >= 15 is 0 Å². The molecule has 2 amide bonds. The van der Waals surface area contributed by atoms with Crippen molar-refractivity contribution >= 4 is 23.8 Å². The van der Waals surface area contributed by atoms with Crippen molar-refractivity contribution in [3.63, 3.8) is 0 Å². The van der Waals surface area contributed by atoms with Gasteiger partial charge in [-0.25, -0.2) is 14.0 Å². The first kappa shape index (κ1) is 27.5. The molecule has 0 aromatic heterocycles. The summed E-state index contributed by atoms with van der Waals surface area (Å²) < 4.78 is 24.3. The fourth-order valence-corrected chi connectivity index (χ4v) is 3.30. The lowest BCUT2D eigenvalue weighted by Crippen LogP contribution is -2.53. The summed E-state index contributed by atoms with van der Waals surface area (Å²) in [6.07, 6.45) is -0.0317. The number of hydrogen-bond donors (Lipinski definition) is 2. The Hall–Kier alpha value is -3.75. The monoisotopic (exact) mass is 486 g/mol. The molecule has 2 aromatic carbocycles. The standard InChI is InChI=1S/C26H31FN2O6/c1-16(30)28-21(15-19-8-6-7-9-20(19)27)23(31)29-22(25(33)34-5)14-17-10-12-18(13-11-17)24(32)35-26(2,3)4/h6-13,21-22H,14-15H2,1-5H3,(H,28,30)(H,29,31)/t21-,22-/m1/s1. The minimum absolute atomic E-state index is 0.0689. The number of esters is 2. The highest BCUT2D eigenvalue weighted by Gasteiger charge is 2.28. The normalized spacial score (nSPS) is 12.7. The Morgan fingerprint density at radius 2 is 1.54 bits per heavy atom. The van der Waals surface area contributed by atoms with E-state index in [1.807, 2.05) is 0 Å². The molecule has 0 spiro atoms. The Bertz CT molecular complexity index is 1060. The third-order valence-electron chi connectivity index (χ3n) is 4.91. The fourth-order valence-electron chi connectivity index (χ4n) is 3.30. The van der Waals surface area contributed by atoms with E-state index in [4.69, 9.17) is 9.47 Å². The summed E-state index contributed by atoms with van der Waals surface area (Å²) in [5, 5.41) is 5.09. The van der Waals surface area contributed by atoms with Crippen LogP contribution in [-0.4, -0.2) is 48.5 Å². The number of carbonyl (C=O) groups excluding carboxylic acids is 4. The summed E-state index contributed by atoms with van der Waals surface area (Å²) in [6, 6.07) is 10.2. The molecule has 0 heterocycles. The van der Waals surface area contributed by atoms with Crippen molar-refractivity contribution in [2.24, 2.45) is 0 Å². The molecule has 0 aliphatic rings. The maximum Gasteiger partial charge on any atom is 0.338 e. The Morgan fingerprint density at radius 1 is 0.914 bits per heavy atom. The summed E-state index contributed by atoms with van der Waals surface area (Å²) in [5.41, 5.74) is 0.605. The van der Waals surface area contributed by atoms with Crippen molar-refractivity contribution < 1.29 is 33.0 Å². The van der Waals surface area contributed by atoms with Crippen molar-refractivity contribution in [3.8, 4) is 0 Å². The van der Waals surface area contributed by atoms with E-state index in [1.54, 1.807) is 51.1 Å². The lowest BCUT2D eigenvalue weighted by molar-refractivity contribution is -0.145. The smallest absolute Gasteiger partial charge is 0.338 e. The van der Waals surface area contributed by atoms with E-state index in [9.17, 15) is 23.6 Å². The minimum Gasteiger partial charge on any atom is -0.467 e. The highest BCUT2D eigenvalue weighted by Crippen LogP contribution is 2.15. The Morgan fingerprint density at radius 3 is 2.09 bits per heavy atom. The first-order valence-electron chi connectivity index (χ1n) is 11.1. The van der Waals surface area contributed by atoms with E-state index in [2.05, 4.69) is 10.6 Å². The third-order valence-corrected chi connectivity index (χ3v) is 4.91. The van der Waals surface area contributed by atoms with Crippen LogP contribution in [0.2, 0.25) is 0 Å². The number of rotatable bonds is 9. The van der Waals surface area contributed by atoms with Gasteiger partial charge in [-0.3, -0.25) is 9.59 Å². The van der Waals surface area contributed by atoms with Gasteiger partial charge >= 0.3 is 11.9 Å². The summed E-state index contributed by atoms with van der Waals surface area (Å²) in [7, 11) is 1.19. The number of benzene rings is 2. The summed E-state index contributed by atoms with van der Waals surface area (Å²) >= 11 is 0. The van der Waals surface area contributed by atoms with Gasteiger partial charge in [0.2, 0.25) is 11.8 Å². The molecular formula is C26H31FN2O6. The van der Waals surface area contributed by atoms with E-state index in [0.717, 1.165) is 0 Å². The zero-order chi connectivity index (χ0) is 26.2. The van der Waals surface area contributed by atoms with Gasteiger partial charge in [-0.2, -0.15) is 0 Å². The molecule has 188 valence electrons. The molecule has 0 aliphatic carbocycles. The number of ether oxygens (including phenoxy) is 2. The molecule has 8 nitrogen and oxygen atoms in total. The van der Waals surface area contributed by atoms with Crippen LogP contribution in [0.15, 0.2) is 48.5 Å². The average molecular weight is 487 g/mol. The number of methoxy groups -OCH3 is 1. The van der Waals surface area contributed by atoms with E-state index in [1.165, 1.54) is 32.2 Å². The largest absolute Gasteiger partial charge is 0.467 e. The summed E-state index contributed by atoms with van der Waals surface area (Å²) in [4.78, 5) is 49.2. The van der Waals surface area contributed by atoms with Crippen LogP contribution in [-0.2, 0) is 36.7 Å². The zero-order valence-corrected chi connectivity index (χ0v) is 20.5. The van der Waals surface area contributed by atoms with E-state index in [-0.39, 0.29) is 18.4 Å². The zero-order valence-electron chi connectivity index (χ0n) is 20.5. The molecular weight excluding hydrogens is 455 g/mol. The van der Waals surface area contributed by atoms with Crippen LogP contribution in [0.3, 0.4) is 0 Å². The maximum absolute atomic E-state index is 14.1. The Kier molecular flexibility index (Phi) is 9.50. The molecule has 0 bridgehead atoms. The van der Waals surface area contributed by atoms with Crippen LogP contribution < -0.4 is 10.6 Å². The first-order valence-corrected chi connectivity index (χ1v) is 11.1. The van der Waals surface area contributed by atoms with Gasteiger partial charge in [0, 0.05) is 19.8 Å². The number of carbonyl (C=O) groups is 4. The molecule has 0 aliphatic heterocycles. The van der Waals surface area contributed by atoms with Gasteiger partial charge in [-0.05, 0) is 50.1 Å². The predicted octanol–water partition coefficient (Wildman–Crippen LogP) is 2.73. The predicted molar refractivity (Wildman–Crippen MR) is 127 cm³/mol. The fraction of sp³-hybridized carbons (Fsp3) is 0.385. The second-order valence-electron chi connectivity index (χ2n) is 9.04. The molecule has 0 fully saturated rings. The molecule has 2 rings (SSSR count). The molecule has 2 N–H and O–H groups in total. The molecule has 9 heteroatoms. The van der Waals surface area contributed by atoms with Gasteiger partial charge in [-0.1, -0.05) is 30.3 Å². The van der Waals surface area contributed by atoms with Gasteiger partial charge in [0.25, 0.3) is 0 Å². The first-order chi connectivity index (χ1) is 16.4. The Balaban J connectivity index is 2.16. The van der Waals surface area contributed by atoms with Crippen LogP contribution in [0.1, 0.15) is 49.2 Å². The number of amides is 2. The lowest BCUT2D eigenvalue weighted by atomic mass is 10.0. The highest BCUT2D eigenvalue weighted by molar-refractivity contribution is 5.91. The Labute approximate surface area is 204 Å². The average Bonchev–Trinajstić information content (AvgIpc) is 2.78. The SMILES string of the molecule is COC(=O)[C@@H](Cc1ccc(C(=O)OC(C)(C)C)cc1)NC(=O)[C@@H](Cc1ccccc1F)NC(C)=O. The van der Waals surface area contributed by atoms with Crippen molar-refractivity contribution in [2.75, 3.05) is 7.11 Å². The van der Waals surface area contributed by atoms with Crippen molar-refractivity contribution in [1.29, 1.82) is 0 Å². The molecule has 2 atom stereocenters. The van der Waals surface area contributed by atoms with Gasteiger partial charge in [0.05, 0.1) is 12.7 Å². The quantitative estimate of drug-likeness (QED) is 0.528. The van der Waals surface area contributed by atoms with Crippen LogP contribution >= 0.6 is 0 Å². The minimum atomic E-state index is -1.11. The van der Waals surface area contributed by atoms with Crippen molar-refractivity contribution in [2.45, 2.75) is 58.2 Å². The molecule has 0 saturated carbocycles. The van der Waals surface area contributed by atoms with Crippen LogP contribution in [0.4, 0.5) is 4.39 Å². The third kappa shape index (κ3) is 8.84. The van der Waals surface area contributed by atoms with Crippen molar-refractivity contribution in [3.05, 3.63) is 71.0 Å². The molecule has 0 saturated heterocycles.